The van der Waals surface area contributed by atoms with Crippen molar-refractivity contribution in [3.63, 3.8) is 0 Å². The summed E-state index contributed by atoms with van der Waals surface area (Å²) in [5.41, 5.74) is 8.51. The summed E-state index contributed by atoms with van der Waals surface area (Å²) in [7, 11) is 1.68. The van der Waals surface area contributed by atoms with Gasteiger partial charge in [0.05, 0.1) is 24.7 Å². The molecule has 2 aromatic rings. The van der Waals surface area contributed by atoms with Crippen LogP contribution in [0.3, 0.4) is 0 Å². The van der Waals surface area contributed by atoms with Gasteiger partial charge in [-0.05, 0) is 30.2 Å². The highest BCUT2D eigenvalue weighted by molar-refractivity contribution is 5.51. The van der Waals surface area contributed by atoms with Crippen LogP contribution >= 0.6 is 0 Å². The Morgan fingerprint density at radius 3 is 2.94 bits per heavy atom. The maximum atomic E-state index is 5.66. The van der Waals surface area contributed by atoms with Gasteiger partial charge in [0, 0.05) is 12.7 Å². The molecule has 0 fully saturated rings. The van der Waals surface area contributed by atoms with Gasteiger partial charge in [0.2, 0.25) is 0 Å². The average molecular weight is 243 g/mol. The molecule has 0 spiro atoms. The number of hydrogen-bond acceptors (Lipinski definition) is 4. The van der Waals surface area contributed by atoms with E-state index in [0.717, 1.165) is 24.4 Å². The van der Waals surface area contributed by atoms with Gasteiger partial charge in [0.1, 0.15) is 5.75 Å². The molecular formula is C14H17N3O. The average Bonchev–Trinajstić information content (AvgIpc) is 2.39. The molecule has 1 aromatic carbocycles. The highest BCUT2D eigenvalue weighted by Gasteiger charge is 1.97. The first-order valence-electron chi connectivity index (χ1n) is 5.85. The van der Waals surface area contributed by atoms with Gasteiger partial charge in [0.15, 0.2) is 0 Å². The second-order valence-corrected chi connectivity index (χ2v) is 4.04. The number of anilines is 2. The maximum absolute atomic E-state index is 5.66. The summed E-state index contributed by atoms with van der Waals surface area (Å²) in [5.74, 6) is 0.887. The van der Waals surface area contributed by atoms with Gasteiger partial charge in [-0.25, -0.2) is 0 Å². The van der Waals surface area contributed by atoms with E-state index in [1.54, 1.807) is 19.5 Å². The number of benzene rings is 1. The third-order valence-electron chi connectivity index (χ3n) is 2.64. The molecule has 94 valence electrons. The van der Waals surface area contributed by atoms with Gasteiger partial charge in [0.25, 0.3) is 0 Å². The van der Waals surface area contributed by atoms with E-state index in [4.69, 9.17) is 10.5 Å². The number of ether oxygens (including phenoxy) is 1. The molecule has 18 heavy (non-hydrogen) atoms. The number of pyridine rings is 1. The standard InChI is InChI=1S/C14H17N3O/c1-18-14-4-2-3-11(7-14)5-6-17-13-8-12(15)9-16-10-13/h2-4,7-10,17H,5-6,15H2,1H3. The fourth-order valence-corrected chi connectivity index (χ4v) is 1.73. The monoisotopic (exact) mass is 243 g/mol. The Labute approximate surface area is 107 Å². The predicted molar refractivity (Wildman–Crippen MR) is 73.8 cm³/mol. The molecule has 1 aromatic heterocycles. The summed E-state index contributed by atoms with van der Waals surface area (Å²) in [6.07, 6.45) is 4.32. The number of nitrogen functional groups attached to an aromatic ring is 1. The van der Waals surface area contributed by atoms with E-state index in [1.807, 2.05) is 24.3 Å². The number of nitrogens with zero attached hydrogens (tertiary/aromatic N) is 1. The van der Waals surface area contributed by atoms with Crippen molar-refractivity contribution in [2.75, 3.05) is 24.7 Å². The van der Waals surface area contributed by atoms with Crippen molar-refractivity contribution in [1.29, 1.82) is 0 Å². The minimum atomic E-state index is 0.668. The topological polar surface area (TPSA) is 60.2 Å². The number of nitrogens with two attached hydrogens (primary N) is 1. The Hall–Kier alpha value is -2.23. The van der Waals surface area contributed by atoms with E-state index in [1.165, 1.54) is 5.56 Å². The van der Waals surface area contributed by atoms with Crippen LogP contribution in [-0.4, -0.2) is 18.6 Å². The SMILES string of the molecule is COc1cccc(CCNc2cncc(N)c2)c1. The summed E-state index contributed by atoms with van der Waals surface area (Å²) < 4.78 is 5.19. The van der Waals surface area contributed by atoms with E-state index < -0.39 is 0 Å². The van der Waals surface area contributed by atoms with E-state index in [9.17, 15) is 0 Å². The van der Waals surface area contributed by atoms with Crippen LogP contribution in [0.5, 0.6) is 5.75 Å². The van der Waals surface area contributed by atoms with Crippen LogP contribution in [0.1, 0.15) is 5.56 Å². The van der Waals surface area contributed by atoms with Gasteiger partial charge >= 0.3 is 0 Å². The smallest absolute Gasteiger partial charge is 0.119 e. The van der Waals surface area contributed by atoms with Crippen molar-refractivity contribution in [3.05, 3.63) is 48.3 Å². The fraction of sp³-hybridized carbons (Fsp3) is 0.214. The molecule has 0 saturated heterocycles. The molecule has 0 bridgehead atoms. The van der Waals surface area contributed by atoms with Crippen molar-refractivity contribution in [3.8, 4) is 5.75 Å². The molecule has 0 aliphatic rings. The molecule has 0 amide bonds. The summed E-state index contributed by atoms with van der Waals surface area (Å²) in [6.45, 7) is 0.832. The summed E-state index contributed by atoms with van der Waals surface area (Å²) in [5, 5.41) is 3.29. The highest BCUT2D eigenvalue weighted by atomic mass is 16.5. The van der Waals surface area contributed by atoms with Crippen LogP contribution in [0.25, 0.3) is 0 Å². The molecule has 3 N–H and O–H groups in total. The van der Waals surface area contributed by atoms with Gasteiger partial charge in [-0.3, -0.25) is 4.98 Å². The number of hydrogen-bond donors (Lipinski definition) is 2. The zero-order valence-electron chi connectivity index (χ0n) is 10.4. The van der Waals surface area contributed by atoms with Crippen LogP contribution in [0.15, 0.2) is 42.7 Å². The lowest BCUT2D eigenvalue weighted by Crippen LogP contribution is -2.05. The Morgan fingerprint density at radius 1 is 1.28 bits per heavy atom. The van der Waals surface area contributed by atoms with E-state index in [-0.39, 0.29) is 0 Å². The summed E-state index contributed by atoms with van der Waals surface area (Å²) in [4.78, 5) is 4.03. The first-order chi connectivity index (χ1) is 8.78. The van der Waals surface area contributed by atoms with Crippen molar-refractivity contribution in [2.24, 2.45) is 0 Å². The molecule has 0 radical (unpaired) electrons. The van der Waals surface area contributed by atoms with Crippen LogP contribution in [0, 0.1) is 0 Å². The molecule has 0 aliphatic carbocycles. The lowest BCUT2D eigenvalue weighted by molar-refractivity contribution is 0.414. The quantitative estimate of drug-likeness (QED) is 0.846. The third kappa shape index (κ3) is 3.38. The first-order valence-corrected chi connectivity index (χ1v) is 5.85. The molecule has 4 nitrogen and oxygen atoms in total. The summed E-state index contributed by atoms with van der Waals surface area (Å²) in [6, 6.07) is 9.94. The molecule has 0 atom stereocenters. The van der Waals surface area contributed by atoms with Crippen molar-refractivity contribution in [1.82, 2.24) is 4.98 Å². The van der Waals surface area contributed by atoms with Gasteiger partial charge in [-0.2, -0.15) is 0 Å². The van der Waals surface area contributed by atoms with Crippen LogP contribution in [0.2, 0.25) is 0 Å². The van der Waals surface area contributed by atoms with Crippen LogP contribution < -0.4 is 15.8 Å². The Bertz CT molecular complexity index is 514. The van der Waals surface area contributed by atoms with Crippen molar-refractivity contribution >= 4 is 11.4 Å². The van der Waals surface area contributed by atoms with Gasteiger partial charge in [-0.15, -0.1) is 0 Å². The molecule has 1 heterocycles. The van der Waals surface area contributed by atoms with Crippen LogP contribution in [-0.2, 0) is 6.42 Å². The second-order valence-electron chi connectivity index (χ2n) is 4.04. The number of methoxy groups -OCH3 is 1. The fourth-order valence-electron chi connectivity index (χ4n) is 1.73. The molecule has 0 saturated carbocycles. The highest BCUT2D eigenvalue weighted by Crippen LogP contribution is 2.14. The minimum absolute atomic E-state index is 0.668. The number of rotatable bonds is 5. The minimum Gasteiger partial charge on any atom is -0.497 e. The molecule has 0 aliphatic heterocycles. The van der Waals surface area contributed by atoms with Crippen LogP contribution in [0.4, 0.5) is 11.4 Å². The Morgan fingerprint density at radius 2 is 2.17 bits per heavy atom. The number of nitrogens with one attached hydrogen (secondary N) is 1. The van der Waals surface area contributed by atoms with Crippen molar-refractivity contribution < 1.29 is 4.74 Å². The largest absolute Gasteiger partial charge is 0.497 e. The van der Waals surface area contributed by atoms with Gasteiger partial charge < -0.3 is 15.8 Å². The lowest BCUT2D eigenvalue weighted by atomic mass is 10.1. The molecule has 0 unspecified atom stereocenters. The third-order valence-corrected chi connectivity index (χ3v) is 2.64. The normalized spacial score (nSPS) is 10.1. The van der Waals surface area contributed by atoms with Crippen molar-refractivity contribution in [2.45, 2.75) is 6.42 Å². The molecular weight excluding hydrogens is 226 g/mol. The first kappa shape index (κ1) is 12.2. The predicted octanol–water partition coefficient (Wildman–Crippen LogP) is 2.33. The van der Waals surface area contributed by atoms with E-state index in [0.29, 0.717) is 5.69 Å². The van der Waals surface area contributed by atoms with E-state index in [2.05, 4.69) is 16.4 Å². The zero-order chi connectivity index (χ0) is 12.8. The Kier molecular flexibility index (Phi) is 4.02. The molecule has 4 heteroatoms. The lowest BCUT2D eigenvalue weighted by Gasteiger charge is -2.07. The Balaban J connectivity index is 1.88. The maximum Gasteiger partial charge on any atom is 0.119 e. The summed E-state index contributed by atoms with van der Waals surface area (Å²) >= 11 is 0. The zero-order valence-corrected chi connectivity index (χ0v) is 10.4. The van der Waals surface area contributed by atoms with Gasteiger partial charge in [-0.1, -0.05) is 12.1 Å². The van der Waals surface area contributed by atoms with E-state index >= 15 is 0 Å². The molecule has 2 rings (SSSR count). The number of aromatic nitrogens is 1. The second kappa shape index (κ2) is 5.91.